The van der Waals surface area contributed by atoms with Gasteiger partial charge in [-0.2, -0.15) is 0 Å². The van der Waals surface area contributed by atoms with E-state index < -0.39 is 11.9 Å². The molecule has 2 aromatic carbocycles. The zero-order valence-electron chi connectivity index (χ0n) is 15.1. The molecule has 1 aliphatic heterocycles. The molecule has 0 radical (unpaired) electrons. The molecule has 1 aliphatic rings. The fourth-order valence-electron chi connectivity index (χ4n) is 3.29. The van der Waals surface area contributed by atoms with E-state index in [0.29, 0.717) is 25.1 Å². The number of nitrogen functional groups attached to an aromatic ring is 1. The number of nitrogens with two attached hydrogens (primary N) is 1. The normalized spacial score (nSPS) is 16.1. The molecule has 1 heterocycles. The Bertz CT molecular complexity index is 830. The second-order valence-electron chi connectivity index (χ2n) is 6.45. The highest BCUT2D eigenvalue weighted by Gasteiger charge is 2.37. The molecule has 1 fully saturated rings. The van der Waals surface area contributed by atoms with Crippen LogP contribution in [0.3, 0.4) is 0 Å². The minimum atomic E-state index is -0.560. The quantitative estimate of drug-likeness (QED) is 0.796. The molecule has 7 heteroatoms. The lowest BCUT2D eigenvalue weighted by molar-refractivity contribution is -0.136. The standard InChI is InChI=1S/C20H22FN3O2.ClH/c1-23(19(25)11-10-14-6-2-4-8-16(14)22)18-12-13-24(20(18)26)17-9-5-3-7-15(17)21;/h2-9,18H,10-13,22H2,1H3;1H. The number of hydrogen-bond acceptors (Lipinski definition) is 3. The fraction of sp³-hybridized carbons (Fsp3) is 0.300. The van der Waals surface area contributed by atoms with E-state index >= 15 is 0 Å². The molecule has 0 spiro atoms. The van der Waals surface area contributed by atoms with Crippen LogP contribution in [0.4, 0.5) is 15.8 Å². The van der Waals surface area contributed by atoms with Crippen LogP contribution >= 0.6 is 12.4 Å². The third kappa shape index (κ3) is 4.39. The van der Waals surface area contributed by atoms with E-state index in [9.17, 15) is 14.0 Å². The number of hydrogen-bond donors (Lipinski definition) is 1. The van der Waals surface area contributed by atoms with Crippen LogP contribution in [0.2, 0.25) is 0 Å². The van der Waals surface area contributed by atoms with Crippen molar-refractivity contribution < 1.29 is 14.0 Å². The van der Waals surface area contributed by atoms with Crippen LogP contribution in [0.15, 0.2) is 48.5 Å². The summed E-state index contributed by atoms with van der Waals surface area (Å²) in [4.78, 5) is 28.1. The van der Waals surface area contributed by atoms with Crippen LogP contribution in [0.1, 0.15) is 18.4 Å². The van der Waals surface area contributed by atoms with Crippen molar-refractivity contribution in [2.45, 2.75) is 25.3 Å². The molecule has 0 aromatic heterocycles. The Labute approximate surface area is 164 Å². The van der Waals surface area contributed by atoms with E-state index in [1.165, 1.54) is 15.9 Å². The first-order valence-electron chi connectivity index (χ1n) is 8.64. The number of carbonyl (C=O) groups is 2. The molecule has 0 aliphatic carbocycles. The molecule has 144 valence electrons. The second-order valence-corrected chi connectivity index (χ2v) is 6.45. The first-order valence-corrected chi connectivity index (χ1v) is 8.64. The van der Waals surface area contributed by atoms with Crippen molar-refractivity contribution in [1.29, 1.82) is 0 Å². The highest BCUT2D eigenvalue weighted by atomic mass is 35.5. The maximum Gasteiger partial charge on any atom is 0.249 e. The van der Waals surface area contributed by atoms with Gasteiger partial charge in [-0.1, -0.05) is 30.3 Å². The van der Waals surface area contributed by atoms with Crippen LogP contribution in [0, 0.1) is 5.82 Å². The molecule has 2 N–H and O–H groups in total. The topological polar surface area (TPSA) is 66.6 Å². The van der Waals surface area contributed by atoms with Gasteiger partial charge in [0, 0.05) is 25.7 Å². The van der Waals surface area contributed by atoms with Crippen molar-refractivity contribution in [3.8, 4) is 0 Å². The smallest absolute Gasteiger partial charge is 0.249 e. The van der Waals surface area contributed by atoms with Gasteiger partial charge in [0.05, 0.1) is 5.69 Å². The summed E-state index contributed by atoms with van der Waals surface area (Å²) in [6.45, 7) is 0.397. The summed E-state index contributed by atoms with van der Waals surface area (Å²) in [7, 11) is 1.63. The van der Waals surface area contributed by atoms with Gasteiger partial charge in [-0.05, 0) is 36.6 Å². The SMILES string of the molecule is CN(C(=O)CCc1ccccc1N)C1CCN(c2ccccc2F)C1=O.Cl. The number of amides is 2. The lowest BCUT2D eigenvalue weighted by Crippen LogP contribution is -2.43. The summed E-state index contributed by atoms with van der Waals surface area (Å²) in [6.07, 6.45) is 1.28. The highest BCUT2D eigenvalue weighted by molar-refractivity contribution is 6.01. The number of para-hydroxylation sites is 2. The first kappa shape index (κ1) is 20.7. The summed E-state index contributed by atoms with van der Waals surface area (Å²) >= 11 is 0. The van der Waals surface area contributed by atoms with Gasteiger partial charge in [-0.25, -0.2) is 4.39 Å². The van der Waals surface area contributed by atoms with Gasteiger partial charge < -0.3 is 15.5 Å². The predicted molar refractivity (Wildman–Crippen MR) is 106 cm³/mol. The molecular formula is C20H23ClFN3O2. The monoisotopic (exact) mass is 391 g/mol. The van der Waals surface area contributed by atoms with Gasteiger partial charge in [0.15, 0.2) is 0 Å². The number of anilines is 2. The van der Waals surface area contributed by atoms with Crippen molar-refractivity contribution >= 4 is 35.6 Å². The number of benzene rings is 2. The number of likely N-dealkylation sites (N-methyl/N-ethyl adjacent to an activating group) is 1. The summed E-state index contributed by atoms with van der Waals surface area (Å²) in [6, 6.07) is 13.0. The summed E-state index contributed by atoms with van der Waals surface area (Å²) < 4.78 is 14.0. The lowest BCUT2D eigenvalue weighted by Gasteiger charge is -2.24. The average Bonchev–Trinajstić information content (AvgIpc) is 3.02. The van der Waals surface area contributed by atoms with Crippen molar-refractivity contribution in [3.63, 3.8) is 0 Å². The number of nitrogens with zero attached hydrogens (tertiary/aromatic N) is 2. The van der Waals surface area contributed by atoms with Gasteiger partial charge in [0.1, 0.15) is 11.9 Å². The highest BCUT2D eigenvalue weighted by Crippen LogP contribution is 2.26. The van der Waals surface area contributed by atoms with Gasteiger partial charge in [0.25, 0.3) is 0 Å². The Balaban J connectivity index is 0.00000261. The van der Waals surface area contributed by atoms with Crippen LogP contribution in [-0.2, 0) is 16.0 Å². The Kier molecular flexibility index (Phi) is 6.80. The van der Waals surface area contributed by atoms with Gasteiger partial charge in [-0.3, -0.25) is 9.59 Å². The van der Waals surface area contributed by atoms with Gasteiger partial charge in [0.2, 0.25) is 11.8 Å². The van der Waals surface area contributed by atoms with E-state index in [4.69, 9.17) is 5.73 Å². The van der Waals surface area contributed by atoms with Crippen molar-refractivity contribution in [1.82, 2.24) is 4.90 Å². The van der Waals surface area contributed by atoms with Crippen molar-refractivity contribution in [2.24, 2.45) is 0 Å². The Hall–Kier alpha value is -2.60. The van der Waals surface area contributed by atoms with Crippen molar-refractivity contribution in [3.05, 3.63) is 59.9 Å². The second kappa shape index (κ2) is 8.86. The number of aryl methyl sites for hydroxylation is 1. The molecule has 1 saturated heterocycles. The largest absolute Gasteiger partial charge is 0.399 e. The van der Waals surface area contributed by atoms with E-state index in [1.54, 1.807) is 31.3 Å². The molecule has 1 unspecified atom stereocenters. The van der Waals surface area contributed by atoms with E-state index in [0.717, 1.165) is 5.56 Å². The average molecular weight is 392 g/mol. The van der Waals surface area contributed by atoms with E-state index in [-0.39, 0.29) is 36.3 Å². The molecule has 0 bridgehead atoms. The third-order valence-electron chi connectivity index (χ3n) is 4.84. The summed E-state index contributed by atoms with van der Waals surface area (Å²) in [5.74, 6) is -0.804. The van der Waals surface area contributed by atoms with Crippen molar-refractivity contribution in [2.75, 3.05) is 24.2 Å². The van der Waals surface area contributed by atoms with Gasteiger partial charge >= 0.3 is 0 Å². The number of rotatable bonds is 5. The molecule has 3 rings (SSSR count). The maximum atomic E-state index is 14.0. The number of halogens is 2. The predicted octanol–water partition coefficient (Wildman–Crippen LogP) is 3.03. The zero-order chi connectivity index (χ0) is 18.7. The third-order valence-corrected chi connectivity index (χ3v) is 4.84. The first-order chi connectivity index (χ1) is 12.5. The van der Waals surface area contributed by atoms with Gasteiger partial charge in [-0.15, -0.1) is 12.4 Å². The Morgan fingerprint density at radius 3 is 2.59 bits per heavy atom. The summed E-state index contributed by atoms with van der Waals surface area (Å²) in [5, 5.41) is 0. The van der Waals surface area contributed by atoms with Crippen LogP contribution in [0.5, 0.6) is 0 Å². The Morgan fingerprint density at radius 1 is 1.22 bits per heavy atom. The zero-order valence-corrected chi connectivity index (χ0v) is 15.9. The Morgan fingerprint density at radius 2 is 1.89 bits per heavy atom. The molecule has 2 amide bonds. The molecule has 27 heavy (non-hydrogen) atoms. The molecule has 2 aromatic rings. The maximum absolute atomic E-state index is 14.0. The lowest BCUT2D eigenvalue weighted by atomic mass is 10.1. The molecule has 0 saturated carbocycles. The molecular weight excluding hydrogens is 369 g/mol. The molecule has 5 nitrogen and oxygen atoms in total. The summed E-state index contributed by atoms with van der Waals surface area (Å²) in [5.41, 5.74) is 7.74. The minimum Gasteiger partial charge on any atom is -0.399 e. The van der Waals surface area contributed by atoms with Crippen LogP contribution in [0.25, 0.3) is 0 Å². The molecule has 1 atom stereocenters. The number of carbonyl (C=O) groups excluding carboxylic acids is 2. The fourth-order valence-corrected chi connectivity index (χ4v) is 3.29. The van der Waals surface area contributed by atoms with E-state index in [2.05, 4.69) is 0 Å². The van der Waals surface area contributed by atoms with E-state index in [1.807, 2.05) is 18.2 Å². The minimum absolute atomic E-state index is 0. The van der Waals surface area contributed by atoms with Crippen LogP contribution in [-0.4, -0.2) is 36.3 Å². The van der Waals surface area contributed by atoms with Crippen LogP contribution < -0.4 is 10.6 Å².